The van der Waals surface area contributed by atoms with Gasteiger partial charge in [0.2, 0.25) is 5.91 Å². The van der Waals surface area contributed by atoms with Crippen LogP contribution >= 0.6 is 0 Å². The fourth-order valence-corrected chi connectivity index (χ4v) is 1.81. The first-order chi connectivity index (χ1) is 14.2. The van der Waals surface area contributed by atoms with Gasteiger partial charge in [0.1, 0.15) is 0 Å². The van der Waals surface area contributed by atoms with E-state index in [4.69, 9.17) is 0 Å². The largest absolute Gasteiger partial charge is 0.352 e. The number of allylic oxidation sites excluding steroid dienone is 5. The molecule has 0 aromatic heterocycles. The molecule has 0 aromatic carbocycles. The molecular weight excluding hydrogens is 382 g/mol. The molecule has 0 fully saturated rings. The lowest BCUT2D eigenvalue weighted by atomic mass is 10.1. The maximum absolute atomic E-state index is 11.0. The van der Waals surface area contributed by atoms with Crippen molar-refractivity contribution in [2.24, 2.45) is 35.5 Å². The van der Waals surface area contributed by atoms with Gasteiger partial charge in [-0.05, 0) is 36.2 Å². The minimum Gasteiger partial charge on any atom is -0.352 e. The topological polar surface area (TPSA) is 46.2 Å². The van der Waals surface area contributed by atoms with Gasteiger partial charge in [-0.25, -0.2) is 0 Å². The van der Waals surface area contributed by atoms with Crippen LogP contribution in [0, 0.1) is 35.5 Å². The van der Waals surface area contributed by atoms with Crippen molar-refractivity contribution < 1.29 is 9.59 Å². The first kappa shape index (κ1) is 34.0. The first-order valence-corrected chi connectivity index (χ1v) is 12.0. The maximum Gasteiger partial charge on any atom is 0.222 e. The second-order valence-corrected chi connectivity index (χ2v) is 10.0. The van der Waals surface area contributed by atoms with Crippen LogP contribution in [0.2, 0.25) is 0 Å². The van der Waals surface area contributed by atoms with Crippen molar-refractivity contribution in [3.05, 3.63) is 36.5 Å². The summed E-state index contributed by atoms with van der Waals surface area (Å²) in [6, 6.07) is 0. The average Bonchev–Trinajstić information content (AvgIpc) is 2.63. The summed E-state index contributed by atoms with van der Waals surface area (Å²) in [7, 11) is 0. The summed E-state index contributed by atoms with van der Waals surface area (Å²) in [4.78, 5) is 22.0. The highest BCUT2D eigenvalue weighted by Crippen LogP contribution is 2.02. The Morgan fingerprint density at radius 3 is 1.45 bits per heavy atom. The van der Waals surface area contributed by atoms with Gasteiger partial charge in [0.25, 0.3) is 0 Å². The van der Waals surface area contributed by atoms with E-state index in [-0.39, 0.29) is 23.5 Å². The third-order valence-corrected chi connectivity index (χ3v) is 3.78. The molecule has 0 unspecified atom stereocenters. The number of hydrogen-bond acceptors (Lipinski definition) is 2. The Balaban J connectivity index is -0.000000384. The number of ketones is 1. The molecule has 0 radical (unpaired) electrons. The molecule has 0 heterocycles. The molecule has 0 aliphatic heterocycles. The second-order valence-electron chi connectivity index (χ2n) is 10.0. The van der Waals surface area contributed by atoms with Crippen LogP contribution in [0.5, 0.6) is 0 Å². The second kappa shape index (κ2) is 21.6. The molecule has 0 aliphatic rings. The van der Waals surface area contributed by atoms with Gasteiger partial charge in [-0.1, -0.05) is 113 Å². The molecule has 3 heteroatoms. The molecular formula is C28H53NO2. The van der Waals surface area contributed by atoms with E-state index in [9.17, 15) is 9.59 Å². The number of rotatable bonds is 10. The van der Waals surface area contributed by atoms with Crippen LogP contribution in [0.4, 0.5) is 0 Å². The van der Waals surface area contributed by atoms with Crippen molar-refractivity contribution in [2.45, 2.75) is 89.5 Å². The Labute approximate surface area is 194 Å². The Bertz CT molecular complexity index is 521. The van der Waals surface area contributed by atoms with Crippen molar-refractivity contribution in [1.82, 2.24) is 5.32 Å². The van der Waals surface area contributed by atoms with Gasteiger partial charge in [-0.15, -0.1) is 0 Å². The van der Waals surface area contributed by atoms with Crippen LogP contribution in [0.25, 0.3) is 0 Å². The van der Waals surface area contributed by atoms with E-state index < -0.39 is 0 Å². The number of carbonyl (C=O) groups excluding carboxylic acids is 2. The third kappa shape index (κ3) is 33.2. The molecule has 3 nitrogen and oxygen atoms in total. The van der Waals surface area contributed by atoms with Gasteiger partial charge >= 0.3 is 0 Å². The first-order valence-electron chi connectivity index (χ1n) is 12.0. The maximum atomic E-state index is 11.0. The SMILES string of the molecule is CC(C)/C=C/C(=O)C(C)C.CC(C)/C=C/CC(C)C.CC(C)/C=C/CNC(=O)C(C)C. The summed E-state index contributed by atoms with van der Waals surface area (Å²) >= 11 is 0. The molecule has 0 saturated carbocycles. The molecule has 0 bridgehead atoms. The van der Waals surface area contributed by atoms with E-state index in [1.165, 1.54) is 6.42 Å². The average molecular weight is 436 g/mol. The lowest BCUT2D eigenvalue weighted by molar-refractivity contribution is -0.123. The molecule has 0 aliphatic carbocycles. The summed E-state index contributed by atoms with van der Waals surface area (Å²) in [5, 5.41) is 2.81. The molecule has 182 valence electrons. The summed E-state index contributed by atoms with van der Waals surface area (Å²) in [5.74, 6) is 3.09. The number of hydrogen-bond donors (Lipinski definition) is 1. The number of amides is 1. The predicted octanol–water partition coefficient (Wildman–Crippen LogP) is 7.64. The molecule has 0 aromatic rings. The van der Waals surface area contributed by atoms with Crippen LogP contribution in [0.15, 0.2) is 36.5 Å². The Kier molecular flexibility index (Phi) is 23.7. The standard InChI is InChI=1S/C10H19NO.C9H16O.C9H18/c1-8(2)6-5-7-11-10(12)9(3)4;1-7(2)5-6-9(10)8(3)4;1-8(2)6-5-7-9(3)4/h5-6,8-9H,7H2,1-4H3,(H,11,12);5-8H,1-4H3;5-6,8-9H,7H2,1-4H3/b3*6-5+. The van der Waals surface area contributed by atoms with Crippen molar-refractivity contribution in [2.75, 3.05) is 6.54 Å². The highest BCUT2D eigenvalue weighted by molar-refractivity contribution is 5.91. The van der Waals surface area contributed by atoms with Crippen LogP contribution in [0.1, 0.15) is 89.5 Å². The van der Waals surface area contributed by atoms with Gasteiger partial charge in [-0.2, -0.15) is 0 Å². The van der Waals surface area contributed by atoms with Crippen LogP contribution in [-0.2, 0) is 9.59 Å². The number of nitrogens with one attached hydrogen (secondary N) is 1. The van der Waals surface area contributed by atoms with Crippen molar-refractivity contribution >= 4 is 11.7 Å². The summed E-state index contributed by atoms with van der Waals surface area (Å²) < 4.78 is 0. The fraction of sp³-hybridized carbons (Fsp3) is 0.714. The minimum absolute atomic E-state index is 0.0810. The number of carbonyl (C=O) groups is 2. The molecule has 0 rings (SSSR count). The zero-order chi connectivity index (χ0) is 25.0. The predicted molar refractivity (Wildman–Crippen MR) is 139 cm³/mol. The van der Waals surface area contributed by atoms with Gasteiger partial charge < -0.3 is 5.32 Å². The molecule has 0 saturated heterocycles. The molecule has 31 heavy (non-hydrogen) atoms. The lowest BCUT2D eigenvalue weighted by Crippen LogP contribution is -2.27. The summed E-state index contributed by atoms with van der Waals surface area (Å²) in [6.07, 6.45) is 13.4. The van der Waals surface area contributed by atoms with Gasteiger partial charge in [0, 0.05) is 18.4 Å². The Hall–Kier alpha value is -1.64. The Morgan fingerprint density at radius 2 is 1.10 bits per heavy atom. The molecule has 1 amide bonds. The lowest BCUT2D eigenvalue weighted by Gasteiger charge is -2.04. The van der Waals surface area contributed by atoms with Gasteiger partial charge in [-0.3, -0.25) is 9.59 Å². The Morgan fingerprint density at radius 1 is 0.645 bits per heavy atom. The normalized spacial score (nSPS) is 11.8. The fourth-order valence-electron chi connectivity index (χ4n) is 1.81. The molecule has 0 atom stereocenters. The zero-order valence-corrected chi connectivity index (χ0v) is 22.7. The highest BCUT2D eigenvalue weighted by atomic mass is 16.1. The third-order valence-electron chi connectivity index (χ3n) is 3.78. The van der Waals surface area contributed by atoms with Crippen molar-refractivity contribution in [3.63, 3.8) is 0 Å². The molecule has 1 N–H and O–H groups in total. The van der Waals surface area contributed by atoms with E-state index in [2.05, 4.69) is 78.9 Å². The van der Waals surface area contributed by atoms with E-state index in [1.54, 1.807) is 6.08 Å². The van der Waals surface area contributed by atoms with Gasteiger partial charge in [0.05, 0.1) is 0 Å². The smallest absolute Gasteiger partial charge is 0.222 e. The zero-order valence-electron chi connectivity index (χ0n) is 22.7. The van der Waals surface area contributed by atoms with Crippen LogP contribution in [-0.4, -0.2) is 18.2 Å². The van der Waals surface area contributed by atoms with E-state index in [0.717, 1.165) is 5.92 Å². The van der Waals surface area contributed by atoms with E-state index >= 15 is 0 Å². The van der Waals surface area contributed by atoms with Crippen LogP contribution < -0.4 is 5.32 Å². The molecule has 0 spiro atoms. The summed E-state index contributed by atoms with van der Waals surface area (Å²) in [5.41, 5.74) is 0. The van der Waals surface area contributed by atoms with Crippen molar-refractivity contribution in [1.29, 1.82) is 0 Å². The highest BCUT2D eigenvalue weighted by Gasteiger charge is 2.03. The minimum atomic E-state index is 0.0810. The monoisotopic (exact) mass is 435 g/mol. The van der Waals surface area contributed by atoms with E-state index in [0.29, 0.717) is 24.3 Å². The quantitative estimate of drug-likeness (QED) is 0.283. The van der Waals surface area contributed by atoms with Gasteiger partial charge in [0.15, 0.2) is 5.78 Å². The van der Waals surface area contributed by atoms with Crippen LogP contribution in [0.3, 0.4) is 0 Å². The summed E-state index contributed by atoms with van der Waals surface area (Å²) in [6.45, 7) is 25.5. The van der Waals surface area contributed by atoms with Crippen molar-refractivity contribution in [3.8, 4) is 0 Å². The van der Waals surface area contributed by atoms with E-state index in [1.807, 2.05) is 39.8 Å².